The van der Waals surface area contributed by atoms with Crippen LogP contribution >= 0.6 is 11.3 Å². The maximum atomic E-state index is 13.2. The van der Waals surface area contributed by atoms with Gasteiger partial charge in [0.15, 0.2) is 11.9 Å². The monoisotopic (exact) mass is 512 g/mol. The molecule has 36 heavy (non-hydrogen) atoms. The number of nitrogens with zero attached hydrogens (tertiary/aromatic N) is 4. The first kappa shape index (κ1) is 24.3. The fourth-order valence-corrected chi connectivity index (χ4v) is 5.93. The number of aromatic hydroxyl groups is 1. The molecule has 12 heteroatoms. The van der Waals surface area contributed by atoms with Crippen LogP contribution in [0, 0.1) is 5.92 Å². The van der Waals surface area contributed by atoms with Crippen LogP contribution in [0.5, 0.6) is 5.75 Å². The van der Waals surface area contributed by atoms with Gasteiger partial charge in [-0.25, -0.2) is 9.97 Å². The Hall–Kier alpha value is -3.35. The summed E-state index contributed by atoms with van der Waals surface area (Å²) in [5.74, 6) is -1.63. The van der Waals surface area contributed by atoms with Crippen LogP contribution in [0.1, 0.15) is 47.0 Å². The smallest absolute Gasteiger partial charge is 0.296 e. The minimum absolute atomic E-state index is 0.108. The number of rotatable bonds is 6. The molecule has 0 spiro atoms. The molecule has 1 aliphatic carbocycles. The number of benzene rings is 1. The third-order valence-corrected chi connectivity index (χ3v) is 8.05. The number of aromatic nitrogens is 3. The van der Waals surface area contributed by atoms with E-state index in [4.69, 9.17) is 0 Å². The van der Waals surface area contributed by atoms with Crippen molar-refractivity contribution in [3.63, 3.8) is 0 Å². The Kier molecular flexibility index (Phi) is 6.27. The molecule has 2 aliphatic heterocycles. The molecule has 4 heterocycles. The van der Waals surface area contributed by atoms with E-state index in [0.717, 1.165) is 23.1 Å². The minimum Gasteiger partial charge on any atom is -0.501 e. The van der Waals surface area contributed by atoms with Gasteiger partial charge in [0.25, 0.3) is 17.4 Å². The first-order chi connectivity index (χ1) is 17.2. The van der Waals surface area contributed by atoms with E-state index in [1.807, 2.05) is 24.3 Å². The predicted molar refractivity (Wildman–Crippen MR) is 132 cm³/mol. The van der Waals surface area contributed by atoms with Crippen LogP contribution in [0.25, 0.3) is 10.2 Å². The Morgan fingerprint density at radius 1 is 1.25 bits per heavy atom. The SMILES string of the molecule is CN(C)C(O)C(=O)NC12CCC(CC1)Cn1c2nc(C(=O)NCc2nc3ccccc3s2)c(O)c1=O. The van der Waals surface area contributed by atoms with Crippen molar-refractivity contribution >= 4 is 33.4 Å². The average molecular weight is 513 g/mol. The summed E-state index contributed by atoms with van der Waals surface area (Å²) in [6.45, 7) is 0.451. The number of carbonyl (C=O) groups is 2. The first-order valence-corrected chi connectivity index (χ1v) is 12.6. The molecule has 2 bridgehead atoms. The summed E-state index contributed by atoms with van der Waals surface area (Å²) in [4.78, 5) is 49.4. The normalized spacial score (nSPS) is 21.7. The van der Waals surface area contributed by atoms with Crippen LogP contribution in [-0.4, -0.2) is 61.8 Å². The quantitative estimate of drug-likeness (QED) is 0.356. The summed E-state index contributed by atoms with van der Waals surface area (Å²) in [5.41, 5.74) is -1.31. The van der Waals surface area contributed by atoms with E-state index in [-0.39, 0.29) is 24.0 Å². The van der Waals surface area contributed by atoms with Gasteiger partial charge >= 0.3 is 0 Å². The second kappa shape index (κ2) is 9.26. The van der Waals surface area contributed by atoms with Crippen molar-refractivity contribution in [3.8, 4) is 5.75 Å². The van der Waals surface area contributed by atoms with Crippen LogP contribution in [0.2, 0.25) is 0 Å². The number of fused-ring (bicyclic) bond motifs is 3. The van der Waals surface area contributed by atoms with Crippen LogP contribution in [-0.2, 0) is 23.4 Å². The number of likely N-dealkylation sites (N-methyl/N-ethyl adjacent to an activating group) is 1. The zero-order valence-electron chi connectivity index (χ0n) is 20.0. The number of para-hydroxylation sites is 1. The Morgan fingerprint density at radius 2 is 1.97 bits per heavy atom. The molecule has 2 amide bonds. The summed E-state index contributed by atoms with van der Waals surface area (Å²) in [6.07, 6.45) is 1.11. The lowest BCUT2D eigenvalue weighted by Crippen LogP contribution is -2.55. The zero-order chi connectivity index (χ0) is 25.6. The van der Waals surface area contributed by atoms with Gasteiger partial charge in [-0.15, -0.1) is 11.3 Å². The lowest BCUT2D eigenvalue weighted by molar-refractivity contribution is -0.139. The van der Waals surface area contributed by atoms with Crippen LogP contribution < -0.4 is 16.2 Å². The van der Waals surface area contributed by atoms with Gasteiger partial charge in [0.2, 0.25) is 5.75 Å². The lowest BCUT2D eigenvalue weighted by atomic mass is 9.77. The molecule has 0 saturated heterocycles. The van der Waals surface area contributed by atoms with Gasteiger partial charge in [-0.2, -0.15) is 0 Å². The number of amides is 2. The van der Waals surface area contributed by atoms with Gasteiger partial charge in [0, 0.05) is 6.54 Å². The molecule has 1 atom stereocenters. The maximum Gasteiger partial charge on any atom is 0.296 e. The van der Waals surface area contributed by atoms with Gasteiger partial charge in [-0.3, -0.25) is 23.9 Å². The minimum atomic E-state index is -1.38. The highest BCUT2D eigenvalue weighted by atomic mass is 32.1. The van der Waals surface area contributed by atoms with E-state index < -0.39 is 34.9 Å². The van der Waals surface area contributed by atoms with E-state index >= 15 is 0 Å². The summed E-state index contributed by atoms with van der Waals surface area (Å²) in [7, 11) is 3.16. The van der Waals surface area contributed by atoms with E-state index in [2.05, 4.69) is 20.6 Å². The van der Waals surface area contributed by atoms with Crippen LogP contribution in [0.15, 0.2) is 29.1 Å². The summed E-state index contributed by atoms with van der Waals surface area (Å²) >= 11 is 1.44. The number of aliphatic hydroxyl groups is 1. The maximum absolute atomic E-state index is 13.2. The van der Waals surface area contributed by atoms with Crippen molar-refractivity contribution in [2.75, 3.05) is 14.1 Å². The molecule has 6 rings (SSSR count). The second-order valence-electron chi connectivity index (χ2n) is 9.66. The Balaban J connectivity index is 1.47. The molecule has 11 nitrogen and oxygen atoms in total. The molecule has 3 aliphatic rings. The van der Waals surface area contributed by atoms with Crippen molar-refractivity contribution in [2.45, 2.75) is 50.5 Å². The molecular weight excluding hydrogens is 484 g/mol. The Morgan fingerprint density at radius 3 is 2.67 bits per heavy atom. The van der Waals surface area contributed by atoms with E-state index in [0.29, 0.717) is 24.4 Å². The molecule has 1 aromatic carbocycles. The van der Waals surface area contributed by atoms with Gasteiger partial charge in [-0.05, 0) is 57.8 Å². The number of aliphatic hydroxyl groups excluding tert-OH is 1. The van der Waals surface area contributed by atoms with Crippen molar-refractivity contribution in [2.24, 2.45) is 5.92 Å². The van der Waals surface area contributed by atoms with E-state index in [9.17, 15) is 24.6 Å². The summed E-state index contributed by atoms with van der Waals surface area (Å²) in [5, 5.41) is 27.2. The summed E-state index contributed by atoms with van der Waals surface area (Å²) in [6, 6.07) is 7.62. The van der Waals surface area contributed by atoms with Crippen molar-refractivity contribution in [1.29, 1.82) is 0 Å². The molecule has 1 unspecified atom stereocenters. The average Bonchev–Trinajstić information content (AvgIpc) is 3.15. The lowest BCUT2D eigenvalue weighted by Gasteiger charge is -2.38. The van der Waals surface area contributed by atoms with E-state index in [1.165, 1.54) is 20.8 Å². The largest absolute Gasteiger partial charge is 0.501 e. The molecule has 1 saturated carbocycles. The number of hydrogen-bond acceptors (Lipinski definition) is 9. The van der Waals surface area contributed by atoms with Gasteiger partial charge in [0.05, 0.1) is 22.3 Å². The highest BCUT2D eigenvalue weighted by molar-refractivity contribution is 7.18. The topological polar surface area (TPSA) is 150 Å². The number of hydrogen-bond donors (Lipinski definition) is 4. The fraction of sp³-hybridized carbons (Fsp3) is 0.458. The van der Waals surface area contributed by atoms with Gasteiger partial charge in [-0.1, -0.05) is 12.1 Å². The van der Waals surface area contributed by atoms with Crippen molar-refractivity contribution in [3.05, 3.63) is 51.1 Å². The number of thiazole rings is 1. The molecule has 1 fully saturated rings. The number of nitrogens with one attached hydrogen (secondary N) is 2. The molecule has 190 valence electrons. The molecular formula is C24H28N6O5S. The van der Waals surface area contributed by atoms with Crippen molar-refractivity contribution in [1.82, 2.24) is 30.1 Å². The highest BCUT2D eigenvalue weighted by Gasteiger charge is 2.46. The molecule has 2 aromatic heterocycles. The second-order valence-corrected chi connectivity index (χ2v) is 10.8. The Labute approximate surface area is 210 Å². The standard InChI is InChI=1S/C24H28N6O5S/c1-29(2)22(35)20(33)28-24-9-7-13(8-10-24)12-30-21(34)18(31)17(27-23(24)30)19(32)25-11-16-26-14-5-3-4-6-15(14)36-16/h3-6,13,22,31,35H,7-12H2,1-2H3,(H,25,32)(H,28,33). The summed E-state index contributed by atoms with van der Waals surface area (Å²) < 4.78 is 2.35. The highest BCUT2D eigenvalue weighted by Crippen LogP contribution is 2.43. The van der Waals surface area contributed by atoms with Gasteiger partial charge in [0.1, 0.15) is 10.8 Å². The molecule has 4 N–H and O–H groups in total. The van der Waals surface area contributed by atoms with Gasteiger partial charge < -0.3 is 20.8 Å². The van der Waals surface area contributed by atoms with Crippen molar-refractivity contribution < 1.29 is 19.8 Å². The molecule has 0 radical (unpaired) electrons. The van der Waals surface area contributed by atoms with Crippen LogP contribution in [0.3, 0.4) is 0 Å². The zero-order valence-corrected chi connectivity index (χ0v) is 20.8. The third kappa shape index (κ3) is 4.25. The third-order valence-electron chi connectivity index (χ3n) is 7.01. The Bertz CT molecular complexity index is 1360. The number of carbonyl (C=O) groups excluding carboxylic acids is 2. The molecule has 3 aromatic rings. The predicted octanol–water partition coefficient (Wildman–Crippen LogP) is 0.884. The van der Waals surface area contributed by atoms with E-state index in [1.54, 1.807) is 14.1 Å². The first-order valence-electron chi connectivity index (χ1n) is 11.8. The van der Waals surface area contributed by atoms with Crippen LogP contribution in [0.4, 0.5) is 0 Å². The fourth-order valence-electron chi connectivity index (χ4n) is 5.02.